The smallest absolute Gasteiger partial charge is 0.193 e. The summed E-state index contributed by atoms with van der Waals surface area (Å²) in [5.41, 5.74) is 0.418. The molecule has 2 aliphatic heterocycles. The molecule has 0 amide bonds. The lowest BCUT2D eigenvalue weighted by Gasteiger charge is -2.26. The number of ether oxygens (including phenoxy) is 1. The maximum absolute atomic E-state index is 5.64. The van der Waals surface area contributed by atoms with E-state index < -0.39 is 0 Å². The van der Waals surface area contributed by atoms with E-state index in [4.69, 9.17) is 9.73 Å². The Balaban J connectivity index is 0.00000176. The van der Waals surface area contributed by atoms with Crippen molar-refractivity contribution in [1.82, 2.24) is 10.2 Å². The van der Waals surface area contributed by atoms with E-state index in [9.17, 15) is 0 Å². The van der Waals surface area contributed by atoms with Crippen molar-refractivity contribution in [2.75, 3.05) is 39.4 Å². The van der Waals surface area contributed by atoms with Crippen molar-refractivity contribution < 1.29 is 4.74 Å². The molecule has 0 aromatic carbocycles. The van der Waals surface area contributed by atoms with Crippen LogP contribution in [0.2, 0.25) is 0 Å². The van der Waals surface area contributed by atoms with Crippen LogP contribution in [-0.2, 0) is 4.74 Å². The van der Waals surface area contributed by atoms with Gasteiger partial charge in [-0.3, -0.25) is 4.99 Å². The molecule has 0 aromatic heterocycles. The van der Waals surface area contributed by atoms with Crippen LogP contribution in [0.4, 0.5) is 0 Å². The highest BCUT2D eigenvalue weighted by Crippen LogP contribution is 2.38. The number of rotatable bonds is 3. The Bertz CT molecular complexity index is 363. The summed E-state index contributed by atoms with van der Waals surface area (Å²) >= 11 is 0. The van der Waals surface area contributed by atoms with Crippen molar-refractivity contribution in [1.29, 1.82) is 0 Å². The zero-order valence-corrected chi connectivity index (χ0v) is 16.3. The van der Waals surface area contributed by atoms with E-state index in [-0.39, 0.29) is 24.0 Å². The highest BCUT2D eigenvalue weighted by atomic mass is 127. The first kappa shape index (κ1) is 18.3. The van der Waals surface area contributed by atoms with Gasteiger partial charge in [-0.05, 0) is 38.5 Å². The van der Waals surface area contributed by atoms with E-state index in [0.29, 0.717) is 5.41 Å². The van der Waals surface area contributed by atoms with Gasteiger partial charge in [0.2, 0.25) is 0 Å². The molecule has 3 aliphatic rings. The molecule has 3 fully saturated rings. The SMILES string of the molecule is CCNC(=NCC1CCCCC1)N1CCC2(CCOC2)C1.I. The van der Waals surface area contributed by atoms with Gasteiger partial charge in [0.05, 0.1) is 6.61 Å². The van der Waals surface area contributed by atoms with Crippen molar-refractivity contribution in [2.24, 2.45) is 16.3 Å². The lowest BCUT2D eigenvalue weighted by atomic mass is 9.87. The van der Waals surface area contributed by atoms with Gasteiger partial charge in [0.1, 0.15) is 0 Å². The molecule has 4 nitrogen and oxygen atoms in total. The number of likely N-dealkylation sites (tertiary alicyclic amines) is 1. The molecule has 2 heterocycles. The van der Waals surface area contributed by atoms with E-state index in [1.54, 1.807) is 0 Å². The average molecular weight is 421 g/mol. The first-order valence-corrected chi connectivity index (χ1v) is 8.92. The van der Waals surface area contributed by atoms with Crippen LogP contribution in [0.3, 0.4) is 0 Å². The number of nitrogens with zero attached hydrogens (tertiary/aromatic N) is 2. The van der Waals surface area contributed by atoms with E-state index in [0.717, 1.165) is 51.3 Å². The van der Waals surface area contributed by atoms with Crippen molar-refractivity contribution in [3.05, 3.63) is 0 Å². The average Bonchev–Trinajstić information content (AvgIpc) is 3.15. The second-order valence-electron chi connectivity index (χ2n) is 7.17. The van der Waals surface area contributed by atoms with Crippen LogP contribution < -0.4 is 5.32 Å². The molecule has 0 radical (unpaired) electrons. The van der Waals surface area contributed by atoms with Gasteiger partial charge in [-0.15, -0.1) is 24.0 Å². The Kier molecular flexibility index (Phi) is 7.25. The van der Waals surface area contributed by atoms with Crippen LogP contribution in [-0.4, -0.2) is 50.3 Å². The Morgan fingerprint density at radius 2 is 2.09 bits per heavy atom. The number of aliphatic imine (C=N–C) groups is 1. The number of halogens is 1. The predicted octanol–water partition coefficient (Wildman–Crippen LogP) is 3.26. The minimum absolute atomic E-state index is 0. The van der Waals surface area contributed by atoms with Crippen molar-refractivity contribution >= 4 is 29.9 Å². The van der Waals surface area contributed by atoms with Gasteiger partial charge in [-0.1, -0.05) is 19.3 Å². The normalized spacial score (nSPS) is 29.9. The van der Waals surface area contributed by atoms with E-state index >= 15 is 0 Å². The quantitative estimate of drug-likeness (QED) is 0.432. The lowest BCUT2D eigenvalue weighted by Crippen LogP contribution is -2.41. The molecular weight excluding hydrogens is 389 g/mol. The zero-order chi connectivity index (χ0) is 14.5. The first-order valence-electron chi connectivity index (χ1n) is 8.92. The summed E-state index contributed by atoms with van der Waals surface area (Å²) in [6.07, 6.45) is 9.48. The summed E-state index contributed by atoms with van der Waals surface area (Å²) in [6.45, 7) is 8.31. The lowest BCUT2D eigenvalue weighted by molar-refractivity contribution is 0.156. The molecule has 0 bridgehead atoms. The van der Waals surface area contributed by atoms with Crippen LogP contribution in [0, 0.1) is 11.3 Å². The largest absolute Gasteiger partial charge is 0.381 e. The maximum Gasteiger partial charge on any atom is 0.193 e. The molecular formula is C17H32IN3O. The van der Waals surface area contributed by atoms with Gasteiger partial charge < -0.3 is 15.0 Å². The van der Waals surface area contributed by atoms with Crippen LogP contribution in [0.1, 0.15) is 51.9 Å². The number of hydrogen-bond donors (Lipinski definition) is 1. The third-order valence-electron chi connectivity index (χ3n) is 5.48. The molecule has 22 heavy (non-hydrogen) atoms. The molecule has 128 valence electrons. The topological polar surface area (TPSA) is 36.9 Å². The minimum atomic E-state index is 0. The summed E-state index contributed by atoms with van der Waals surface area (Å²) in [7, 11) is 0. The van der Waals surface area contributed by atoms with Gasteiger partial charge in [0.15, 0.2) is 5.96 Å². The number of nitrogens with one attached hydrogen (secondary N) is 1. The zero-order valence-electron chi connectivity index (χ0n) is 14.0. The molecule has 2 saturated heterocycles. The summed E-state index contributed by atoms with van der Waals surface area (Å²) in [5, 5.41) is 3.51. The summed E-state index contributed by atoms with van der Waals surface area (Å²) in [5.74, 6) is 1.96. The predicted molar refractivity (Wildman–Crippen MR) is 102 cm³/mol. The van der Waals surface area contributed by atoms with Crippen LogP contribution in [0.15, 0.2) is 4.99 Å². The summed E-state index contributed by atoms with van der Waals surface area (Å²) in [6, 6.07) is 0. The fourth-order valence-electron chi connectivity index (χ4n) is 4.10. The molecule has 0 aromatic rings. The van der Waals surface area contributed by atoms with Gasteiger partial charge in [0, 0.05) is 38.2 Å². The standard InChI is InChI=1S/C17H31N3O.HI/c1-2-18-16(19-12-15-6-4-3-5-7-15)20-10-8-17(13-20)9-11-21-14-17;/h15H,2-14H2,1H3,(H,18,19);1H. The Labute approximate surface area is 152 Å². The molecule has 1 unspecified atom stereocenters. The highest BCUT2D eigenvalue weighted by molar-refractivity contribution is 14.0. The molecule has 3 rings (SSSR count). The third-order valence-corrected chi connectivity index (χ3v) is 5.48. The van der Waals surface area contributed by atoms with Crippen LogP contribution in [0.25, 0.3) is 0 Å². The minimum Gasteiger partial charge on any atom is -0.381 e. The Morgan fingerprint density at radius 3 is 2.77 bits per heavy atom. The maximum atomic E-state index is 5.64. The van der Waals surface area contributed by atoms with Crippen LogP contribution in [0.5, 0.6) is 0 Å². The fourth-order valence-corrected chi connectivity index (χ4v) is 4.10. The van der Waals surface area contributed by atoms with Crippen molar-refractivity contribution in [2.45, 2.75) is 51.9 Å². The Morgan fingerprint density at radius 1 is 1.27 bits per heavy atom. The van der Waals surface area contributed by atoms with E-state index in [2.05, 4.69) is 17.1 Å². The second-order valence-corrected chi connectivity index (χ2v) is 7.17. The van der Waals surface area contributed by atoms with E-state index in [1.807, 2.05) is 0 Å². The van der Waals surface area contributed by atoms with Crippen LogP contribution >= 0.6 is 24.0 Å². The van der Waals surface area contributed by atoms with Crippen molar-refractivity contribution in [3.8, 4) is 0 Å². The van der Waals surface area contributed by atoms with Gasteiger partial charge in [-0.2, -0.15) is 0 Å². The summed E-state index contributed by atoms with van der Waals surface area (Å²) in [4.78, 5) is 7.44. The fraction of sp³-hybridized carbons (Fsp3) is 0.941. The van der Waals surface area contributed by atoms with Gasteiger partial charge in [0.25, 0.3) is 0 Å². The monoisotopic (exact) mass is 421 g/mol. The molecule has 1 spiro atoms. The highest BCUT2D eigenvalue weighted by Gasteiger charge is 2.42. The summed E-state index contributed by atoms with van der Waals surface area (Å²) < 4.78 is 5.64. The molecule has 1 aliphatic carbocycles. The Hall–Kier alpha value is -0.0400. The second kappa shape index (κ2) is 8.71. The van der Waals surface area contributed by atoms with Gasteiger partial charge >= 0.3 is 0 Å². The first-order chi connectivity index (χ1) is 10.3. The van der Waals surface area contributed by atoms with Gasteiger partial charge in [-0.25, -0.2) is 0 Å². The molecule has 1 atom stereocenters. The van der Waals surface area contributed by atoms with Crippen molar-refractivity contribution in [3.63, 3.8) is 0 Å². The number of guanidine groups is 1. The third kappa shape index (κ3) is 4.49. The number of hydrogen-bond acceptors (Lipinski definition) is 2. The van der Waals surface area contributed by atoms with E-state index in [1.165, 1.54) is 44.9 Å². The molecule has 1 N–H and O–H groups in total. The molecule has 1 saturated carbocycles. The molecule has 5 heteroatoms.